The zero-order valence-electron chi connectivity index (χ0n) is 11.4. The number of thioether (sulfide) groups is 1. The Hall–Kier alpha value is -1.29. The SMILES string of the molecule is Cc1cccc(SCC(N)c2cccc3ccsc23)c1. The Kier molecular flexibility index (Phi) is 4.10. The van der Waals surface area contributed by atoms with E-state index in [4.69, 9.17) is 5.73 Å². The molecule has 102 valence electrons. The van der Waals surface area contributed by atoms with Crippen LogP contribution in [-0.2, 0) is 0 Å². The number of nitrogens with two attached hydrogens (primary N) is 1. The molecule has 1 aromatic heterocycles. The van der Waals surface area contributed by atoms with Gasteiger partial charge in [0, 0.05) is 21.4 Å². The summed E-state index contributed by atoms with van der Waals surface area (Å²) in [5, 5.41) is 3.43. The van der Waals surface area contributed by atoms with Gasteiger partial charge >= 0.3 is 0 Å². The highest BCUT2D eigenvalue weighted by atomic mass is 32.2. The summed E-state index contributed by atoms with van der Waals surface area (Å²) in [6.07, 6.45) is 0. The van der Waals surface area contributed by atoms with Gasteiger partial charge in [0.15, 0.2) is 0 Å². The second-order valence-electron chi connectivity index (χ2n) is 4.92. The number of thiophene rings is 1. The van der Waals surface area contributed by atoms with Crippen LogP contribution in [0.15, 0.2) is 58.8 Å². The topological polar surface area (TPSA) is 26.0 Å². The fourth-order valence-corrected chi connectivity index (χ4v) is 4.26. The smallest absolute Gasteiger partial charge is 0.0404 e. The Morgan fingerprint density at radius 2 is 2.00 bits per heavy atom. The Balaban J connectivity index is 1.76. The van der Waals surface area contributed by atoms with Gasteiger partial charge in [0.1, 0.15) is 0 Å². The van der Waals surface area contributed by atoms with Crippen molar-refractivity contribution in [3.63, 3.8) is 0 Å². The molecule has 1 atom stereocenters. The van der Waals surface area contributed by atoms with Crippen LogP contribution in [0.1, 0.15) is 17.2 Å². The highest BCUT2D eigenvalue weighted by Crippen LogP contribution is 2.31. The highest BCUT2D eigenvalue weighted by molar-refractivity contribution is 7.99. The van der Waals surface area contributed by atoms with Gasteiger partial charge in [0.2, 0.25) is 0 Å². The van der Waals surface area contributed by atoms with E-state index in [1.54, 1.807) is 11.3 Å². The van der Waals surface area contributed by atoms with Crippen molar-refractivity contribution in [2.45, 2.75) is 17.9 Å². The minimum atomic E-state index is 0.0721. The molecule has 0 spiro atoms. The molecule has 3 aromatic rings. The van der Waals surface area contributed by atoms with E-state index in [-0.39, 0.29) is 6.04 Å². The van der Waals surface area contributed by atoms with Gasteiger partial charge in [-0.3, -0.25) is 0 Å². The lowest BCUT2D eigenvalue weighted by Gasteiger charge is -2.13. The van der Waals surface area contributed by atoms with E-state index in [9.17, 15) is 0 Å². The molecule has 1 nitrogen and oxygen atoms in total. The van der Waals surface area contributed by atoms with Crippen LogP contribution in [0.3, 0.4) is 0 Å². The molecule has 1 unspecified atom stereocenters. The van der Waals surface area contributed by atoms with Gasteiger partial charge in [-0.05, 0) is 41.5 Å². The van der Waals surface area contributed by atoms with Crippen LogP contribution >= 0.6 is 23.1 Å². The maximum absolute atomic E-state index is 6.39. The largest absolute Gasteiger partial charge is 0.323 e. The van der Waals surface area contributed by atoms with Crippen molar-refractivity contribution in [2.24, 2.45) is 5.73 Å². The van der Waals surface area contributed by atoms with E-state index in [1.807, 2.05) is 11.8 Å². The molecule has 20 heavy (non-hydrogen) atoms. The van der Waals surface area contributed by atoms with E-state index in [0.29, 0.717) is 0 Å². The van der Waals surface area contributed by atoms with Gasteiger partial charge in [-0.15, -0.1) is 23.1 Å². The molecular weight excluding hydrogens is 282 g/mol. The quantitative estimate of drug-likeness (QED) is 0.686. The molecular formula is C17H17NS2. The fourth-order valence-electron chi connectivity index (χ4n) is 2.29. The van der Waals surface area contributed by atoms with Gasteiger partial charge < -0.3 is 5.73 Å². The highest BCUT2D eigenvalue weighted by Gasteiger charge is 2.11. The zero-order valence-corrected chi connectivity index (χ0v) is 13.0. The predicted octanol–water partition coefficient (Wildman–Crippen LogP) is 5.00. The van der Waals surface area contributed by atoms with Crippen LogP contribution in [0.2, 0.25) is 0 Å². The maximum atomic E-state index is 6.39. The van der Waals surface area contributed by atoms with E-state index < -0.39 is 0 Å². The third-order valence-corrected chi connectivity index (χ3v) is 5.42. The van der Waals surface area contributed by atoms with E-state index >= 15 is 0 Å². The second-order valence-corrected chi connectivity index (χ2v) is 6.93. The van der Waals surface area contributed by atoms with E-state index in [2.05, 4.69) is 60.8 Å². The molecule has 0 saturated carbocycles. The third-order valence-electron chi connectivity index (χ3n) is 3.33. The Morgan fingerprint density at radius 1 is 1.15 bits per heavy atom. The number of benzene rings is 2. The molecule has 0 aliphatic carbocycles. The summed E-state index contributed by atoms with van der Waals surface area (Å²) >= 11 is 3.61. The normalized spacial score (nSPS) is 12.7. The minimum absolute atomic E-state index is 0.0721. The van der Waals surface area contributed by atoms with Crippen LogP contribution in [-0.4, -0.2) is 5.75 Å². The van der Waals surface area contributed by atoms with Crippen molar-refractivity contribution in [1.82, 2.24) is 0 Å². The van der Waals surface area contributed by atoms with E-state index in [1.165, 1.54) is 26.1 Å². The molecule has 2 aromatic carbocycles. The van der Waals surface area contributed by atoms with Crippen molar-refractivity contribution in [3.05, 3.63) is 65.0 Å². The first kappa shape index (κ1) is 13.7. The molecule has 1 heterocycles. The Bertz CT molecular complexity index is 718. The summed E-state index contributed by atoms with van der Waals surface area (Å²) < 4.78 is 1.32. The number of fused-ring (bicyclic) bond motifs is 1. The van der Waals surface area contributed by atoms with Crippen molar-refractivity contribution in [3.8, 4) is 0 Å². The molecule has 2 N–H and O–H groups in total. The number of hydrogen-bond donors (Lipinski definition) is 1. The average molecular weight is 299 g/mol. The zero-order chi connectivity index (χ0) is 13.9. The number of rotatable bonds is 4. The van der Waals surface area contributed by atoms with Gasteiger partial charge in [0.05, 0.1) is 0 Å². The second kappa shape index (κ2) is 6.00. The molecule has 0 fully saturated rings. The predicted molar refractivity (Wildman–Crippen MR) is 90.7 cm³/mol. The summed E-state index contributed by atoms with van der Waals surface area (Å²) in [6, 6.07) is 17.2. The van der Waals surface area contributed by atoms with Crippen LogP contribution < -0.4 is 5.73 Å². The van der Waals surface area contributed by atoms with Crippen LogP contribution in [0, 0.1) is 6.92 Å². The summed E-state index contributed by atoms with van der Waals surface area (Å²) in [7, 11) is 0. The van der Waals surface area contributed by atoms with Crippen LogP contribution in [0.4, 0.5) is 0 Å². The van der Waals surface area contributed by atoms with Crippen LogP contribution in [0.25, 0.3) is 10.1 Å². The van der Waals surface area contributed by atoms with Crippen LogP contribution in [0.5, 0.6) is 0 Å². The van der Waals surface area contributed by atoms with Gasteiger partial charge in [0.25, 0.3) is 0 Å². The summed E-state index contributed by atoms with van der Waals surface area (Å²) in [5.41, 5.74) is 8.95. The Morgan fingerprint density at radius 3 is 2.85 bits per heavy atom. The average Bonchev–Trinajstić information content (AvgIpc) is 2.93. The molecule has 3 heteroatoms. The Labute approximate surface area is 127 Å². The molecule has 0 aliphatic rings. The fraction of sp³-hybridized carbons (Fsp3) is 0.176. The lowest BCUT2D eigenvalue weighted by molar-refractivity contribution is 0.841. The first-order valence-electron chi connectivity index (χ1n) is 6.65. The first-order valence-corrected chi connectivity index (χ1v) is 8.52. The first-order chi connectivity index (χ1) is 9.74. The van der Waals surface area contributed by atoms with Gasteiger partial charge in [-0.1, -0.05) is 35.9 Å². The number of aryl methyl sites for hydroxylation is 1. The summed E-state index contributed by atoms with van der Waals surface area (Å²) in [5.74, 6) is 0.903. The molecule has 0 bridgehead atoms. The molecule has 0 amide bonds. The minimum Gasteiger partial charge on any atom is -0.323 e. The van der Waals surface area contributed by atoms with Crippen molar-refractivity contribution >= 4 is 33.2 Å². The maximum Gasteiger partial charge on any atom is 0.0404 e. The summed E-state index contributed by atoms with van der Waals surface area (Å²) in [4.78, 5) is 1.29. The lowest BCUT2D eigenvalue weighted by atomic mass is 10.1. The molecule has 0 saturated heterocycles. The van der Waals surface area contributed by atoms with Crippen molar-refractivity contribution in [2.75, 3.05) is 5.75 Å². The van der Waals surface area contributed by atoms with Gasteiger partial charge in [-0.25, -0.2) is 0 Å². The molecule has 0 radical (unpaired) electrons. The molecule has 3 rings (SSSR count). The van der Waals surface area contributed by atoms with Crippen molar-refractivity contribution < 1.29 is 0 Å². The number of hydrogen-bond acceptors (Lipinski definition) is 3. The van der Waals surface area contributed by atoms with Gasteiger partial charge in [-0.2, -0.15) is 0 Å². The monoisotopic (exact) mass is 299 g/mol. The standard InChI is InChI=1S/C17H17NS2/c1-12-4-2-6-14(10-12)20-11-16(18)15-7-3-5-13-8-9-19-17(13)15/h2-10,16H,11,18H2,1H3. The summed E-state index contributed by atoms with van der Waals surface area (Å²) in [6.45, 7) is 2.12. The molecule has 0 aliphatic heterocycles. The lowest BCUT2D eigenvalue weighted by Crippen LogP contribution is -2.12. The van der Waals surface area contributed by atoms with E-state index in [0.717, 1.165) is 5.75 Å². The third kappa shape index (κ3) is 2.90. The van der Waals surface area contributed by atoms with Crippen molar-refractivity contribution in [1.29, 1.82) is 0 Å².